The third kappa shape index (κ3) is 5.66. The summed E-state index contributed by atoms with van der Waals surface area (Å²) < 4.78 is 16.0. The van der Waals surface area contributed by atoms with Crippen molar-refractivity contribution in [3.63, 3.8) is 0 Å². The predicted molar refractivity (Wildman–Crippen MR) is 124 cm³/mol. The van der Waals surface area contributed by atoms with Crippen LogP contribution in [0.3, 0.4) is 0 Å². The molecular weight excluding hydrogens is 438 g/mol. The van der Waals surface area contributed by atoms with E-state index in [1.165, 1.54) is 7.11 Å². The molecule has 0 bridgehead atoms. The smallest absolute Gasteiger partial charge is 0.409 e. The molecule has 0 spiro atoms. The minimum Gasteiger partial charge on any atom is -0.486 e. The van der Waals surface area contributed by atoms with Gasteiger partial charge in [-0.15, -0.1) is 0 Å². The fraction of sp³-hybridized carbons (Fsp3) is 0.400. The molecule has 2 aromatic rings. The van der Waals surface area contributed by atoms with Crippen LogP contribution in [-0.4, -0.2) is 56.2 Å². The molecule has 2 aliphatic heterocycles. The lowest BCUT2D eigenvalue weighted by Gasteiger charge is -2.18. The molecule has 9 nitrogen and oxygen atoms in total. The Balaban J connectivity index is 1.43. The van der Waals surface area contributed by atoms with Crippen LogP contribution >= 0.6 is 0 Å². The normalized spacial score (nSPS) is 21.5. The molecular formula is C25H29N3O6. The number of nitrogens with zero attached hydrogens (tertiary/aromatic N) is 2. The maximum atomic E-state index is 12.3. The first-order valence-corrected chi connectivity index (χ1v) is 11.3. The highest BCUT2D eigenvalue weighted by molar-refractivity contribution is 5.83. The van der Waals surface area contributed by atoms with Crippen LogP contribution < -0.4 is 10.2 Å². The topological polar surface area (TPSA) is 98.7 Å². The lowest BCUT2D eigenvalue weighted by atomic mass is 9.87. The number of likely N-dealkylation sites (tertiary alicyclic amines) is 1. The summed E-state index contributed by atoms with van der Waals surface area (Å²) >= 11 is 0. The van der Waals surface area contributed by atoms with E-state index in [0.717, 1.165) is 11.1 Å². The van der Waals surface area contributed by atoms with Crippen LogP contribution in [0.2, 0.25) is 0 Å². The average Bonchev–Trinajstić information content (AvgIpc) is 3.51. The van der Waals surface area contributed by atoms with Gasteiger partial charge >= 0.3 is 12.1 Å². The number of hydroxylamine groups is 1. The number of carbonyl (C=O) groups excluding carboxylic acids is 2. The molecule has 0 radical (unpaired) electrons. The standard InChI is InChI=1S/C25H29N3O6/c1-3-32-25(30)28-14-19(13-23(29)31-2)21(15-28)18-10-7-11-20(12-18)33-16-22-26-24(34-27-22)17-8-5-4-6-9-17/h4-12,19,21,24H,3,13-16H2,1-2H3,(H,26,27)/t19-,21-,24?/m0/s1. The molecule has 34 heavy (non-hydrogen) atoms. The number of ether oxygens (including phenoxy) is 3. The first-order chi connectivity index (χ1) is 16.6. The molecule has 2 heterocycles. The van der Waals surface area contributed by atoms with E-state index in [1.54, 1.807) is 11.8 Å². The van der Waals surface area contributed by atoms with Gasteiger partial charge in [0.25, 0.3) is 0 Å². The van der Waals surface area contributed by atoms with E-state index in [0.29, 0.717) is 31.3 Å². The van der Waals surface area contributed by atoms with E-state index in [2.05, 4.69) is 10.5 Å². The zero-order valence-electron chi connectivity index (χ0n) is 19.3. The fourth-order valence-corrected chi connectivity index (χ4v) is 4.25. The number of nitrogens with one attached hydrogen (secondary N) is 1. The molecule has 9 heteroatoms. The Kier molecular flexibility index (Phi) is 7.64. The molecule has 180 valence electrons. The Morgan fingerprint density at radius 3 is 2.68 bits per heavy atom. The fourth-order valence-electron chi connectivity index (χ4n) is 4.25. The Bertz CT molecular complexity index is 1030. The van der Waals surface area contributed by atoms with Crippen LogP contribution in [-0.2, 0) is 19.1 Å². The van der Waals surface area contributed by atoms with Gasteiger partial charge < -0.3 is 19.1 Å². The summed E-state index contributed by atoms with van der Waals surface area (Å²) in [5, 5.41) is 0. The van der Waals surface area contributed by atoms with Crippen molar-refractivity contribution in [2.75, 3.05) is 33.4 Å². The number of carbonyl (C=O) groups is 2. The Labute approximate surface area is 198 Å². The van der Waals surface area contributed by atoms with Crippen LogP contribution in [0.4, 0.5) is 4.79 Å². The molecule has 3 atom stereocenters. The number of hydrogen-bond donors (Lipinski definition) is 1. The third-order valence-corrected chi connectivity index (χ3v) is 5.93. The van der Waals surface area contributed by atoms with Crippen LogP contribution in [0.15, 0.2) is 59.6 Å². The molecule has 4 rings (SSSR count). The van der Waals surface area contributed by atoms with Gasteiger partial charge in [-0.05, 0) is 30.5 Å². The zero-order valence-corrected chi connectivity index (χ0v) is 19.3. The maximum Gasteiger partial charge on any atom is 0.409 e. The second-order valence-electron chi connectivity index (χ2n) is 8.17. The second-order valence-corrected chi connectivity index (χ2v) is 8.17. The van der Waals surface area contributed by atoms with Crippen molar-refractivity contribution < 1.29 is 28.6 Å². The van der Waals surface area contributed by atoms with Crippen molar-refractivity contribution in [3.8, 4) is 5.75 Å². The number of amides is 1. The van der Waals surface area contributed by atoms with Gasteiger partial charge in [-0.3, -0.25) is 4.79 Å². The van der Waals surface area contributed by atoms with E-state index >= 15 is 0 Å². The highest BCUT2D eigenvalue weighted by atomic mass is 16.7. The minimum atomic E-state index is -0.405. The van der Waals surface area contributed by atoms with Crippen molar-refractivity contribution in [2.24, 2.45) is 10.9 Å². The van der Waals surface area contributed by atoms with E-state index in [9.17, 15) is 9.59 Å². The van der Waals surface area contributed by atoms with Gasteiger partial charge in [0.15, 0.2) is 5.84 Å². The lowest BCUT2D eigenvalue weighted by molar-refractivity contribution is -0.141. The first kappa shape index (κ1) is 23.6. The monoisotopic (exact) mass is 467 g/mol. The summed E-state index contributed by atoms with van der Waals surface area (Å²) in [7, 11) is 1.37. The Morgan fingerprint density at radius 2 is 1.91 bits per heavy atom. The van der Waals surface area contributed by atoms with Crippen LogP contribution in [0.25, 0.3) is 0 Å². The van der Waals surface area contributed by atoms with Gasteiger partial charge in [0, 0.05) is 24.6 Å². The summed E-state index contributed by atoms with van der Waals surface area (Å²) in [6.45, 7) is 3.19. The summed E-state index contributed by atoms with van der Waals surface area (Å²) in [6, 6.07) is 17.4. The van der Waals surface area contributed by atoms with Crippen molar-refractivity contribution in [1.82, 2.24) is 10.4 Å². The van der Waals surface area contributed by atoms with E-state index in [1.807, 2.05) is 54.6 Å². The second kappa shape index (κ2) is 11.0. The van der Waals surface area contributed by atoms with Crippen LogP contribution in [0, 0.1) is 5.92 Å². The number of aliphatic imine (C=N–C) groups is 1. The molecule has 2 aromatic carbocycles. The van der Waals surface area contributed by atoms with Crippen molar-refractivity contribution >= 4 is 17.9 Å². The lowest BCUT2D eigenvalue weighted by Crippen LogP contribution is -2.29. The molecule has 2 aliphatic rings. The van der Waals surface area contributed by atoms with E-state index < -0.39 is 6.23 Å². The van der Waals surface area contributed by atoms with Gasteiger partial charge in [-0.2, -0.15) is 0 Å². The highest BCUT2D eigenvalue weighted by Gasteiger charge is 2.38. The van der Waals surface area contributed by atoms with Gasteiger partial charge in [0.1, 0.15) is 12.4 Å². The van der Waals surface area contributed by atoms with E-state index in [4.69, 9.17) is 19.0 Å². The number of methoxy groups -OCH3 is 1. The molecule has 1 amide bonds. The largest absolute Gasteiger partial charge is 0.486 e. The Hall–Kier alpha value is -3.59. The van der Waals surface area contributed by atoms with Gasteiger partial charge in [-0.25, -0.2) is 20.1 Å². The van der Waals surface area contributed by atoms with Crippen molar-refractivity contribution in [2.45, 2.75) is 25.5 Å². The zero-order chi connectivity index (χ0) is 23.9. The number of amidine groups is 1. The average molecular weight is 468 g/mol. The number of rotatable bonds is 8. The molecule has 0 aromatic heterocycles. The number of benzene rings is 2. The molecule has 0 aliphatic carbocycles. The maximum absolute atomic E-state index is 12.3. The summed E-state index contributed by atoms with van der Waals surface area (Å²) in [5.74, 6) is 0.841. The first-order valence-electron chi connectivity index (χ1n) is 11.3. The minimum absolute atomic E-state index is 0.0419. The third-order valence-electron chi connectivity index (χ3n) is 5.93. The molecule has 1 fully saturated rings. The van der Waals surface area contributed by atoms with Gasteiger partial charge in [0.05, 0.1) is 20.1 Å². The SMILES string of the molecule is CCOC(=O)N1C[C@H](CC(=O)OC)[C@H](c2cccc(OCC3=NC(c4ccccc4)ON3)c2)C1. The van der Waals surface area contributed by atoms with Crippen LogP contribution in [0.5, 0.6) is 5.75 Å². The summed E-state index contributed by atoms with van der Waals surface area (Å²) in [4.78, 5) is 36.0. The summed E-state index contributed by atoms with van der Waals surface area (Å²) in [5.41, 5.74) is 4.76. The Morgan fingerprint density at radius 1 is 1.12 bits per heavy atom. The predicted octanol–water partition coefficient (Wildman–Crippen LogP) is 3.43. The van der Waals surface area contributed by atoms with Crippen molar-refractivity contribution in [3.05, 3.63) is 65.7 Å². The summed E-state index contributed by atoms with van der Waals surface area (Å²) in [6.07, 6.45) is -0.552. The van der Waals surface area contributed by atoms with Gasteiger partial charge in [-0.1, -0.05) is 42.5 Å². The van der Waals surface area contributed by atoms with Gasteiger partial charge in [0.2, 0.25) is 6.23 Å². The molecule has 1 N–H and O–H groups in total. The molecule has 1 unspecified atom stereocenters. The van der Waals surface area contributed by atoms with Crippen LogP contribution in [0.1, 0.15) is 36.6 Å². The molecule has 1 saturated heterocycles. The quantitative estimate of drug-likeness (QED) is 0.594. The number of esters is 1. The molecule has 0 saturated carbocycles. The highest BCUT2D eigenvalue weighted by Crippen LogP contribution is 2.36. The number of hydrogen-bond acceptors (Lipinski definition) is 8. The van der Waals surface area contributed by atoms with E-state index in [-0.39, 0.29) is 36.9 Å². The van der Waals surface area contributed by atoms with Crippen molar-refractivity contribution in [1.29, 1.82) is 0 Å².